The summed E-state index contributed by atoms with van der Waals surface area (Å²) < 4.78 is 33.5. The molecule has 4 rings (SSSR count). The smallest absolute Gasteiger partial charge is 0.263 e. The van der Waals surface area contributed by atoms with Crippen LogP contribution in [0.15, 0.2) is 36.9 Å². The number of fused-ring (bicyclic) bond motifs is 1. The van der Waals surface area contributed by atoms with Gasteiger partial charge in [0.05, 0.1) is 11.1 Å². The first-order chi connectivity index (χ1) is 14.0. The van der Waals surface area contributed by atoms with Crippen molar-refractivity contribution < 1.29 is 28.8 Å². The molecule has 0 aliphatic carbocycles. The van der Waals surface area contributed by atoms with Gasteiger partial charge in [-0.25, -0.2) is 18.7 Å². The normalized spacial score (nSPS) is 28.9. The highest BCUT2D eigenvalue weighted by Crippen LogP contribution is 2.45. The van der Waals surface area contributed by atoms with Crippen LogP contribution in [-0.2, 0) is 10.3 Å². The lowest BCUT2D eigenvalue weighted by molar-refractivity contribution is -0.163. The number of nitrogens with zero attached hydrogens (tertiary/aromatic N) is 4. The topological polar surface area (TPSA) is 140 Å². The Morgan fingerprint density at radius 2 is 2.03 bits per heavy atom. The molecule has 0 radical (unpaired) electrons. The first-order valence-electron chi connectivity index (χ1n) is 9.15. The molecule has 1 aliphatic heterocycles. The van der Waals surface area contributed by atoms with E-state index in [0.717, 1.165) is 18.3 Å². The third-order valence-corrected chi connectivity index (χ3v) is 5.55. The van der Waals surface area contributed by atoms with Crippen LogP contribution in [0.4, 0.5) is 14.6 Å². The average Bonchev–Trinajstić information content (AvgIpc) is 3.22. The number of aromatic nitrogens is 4. The largest absolute Gasteiger partial charge is 0.385 e. The number of rotatable bonds is 4. The lowest BCUT2D eigenvalue weighted by atomic mass is 9.81. The zero-order chi connectivity index (χ0) is 21.8. The van der Waals surface area contributed by atoms with Gasteiger partial charge in [0.1, 0.15) is 41.2 Å². The quantitative estimate of drug-likeness (QED) is 0.494. The van der Waals surface area contributed by atoms with Crippen LogP contribution < -0.4 is 5.73 Å². The van der Waals surface area contributed by atoms with Gasteiger partial charge in [0.2, 0.25) is 0 Å². The maximum absolute atomic E-state index is 13.1. The van der Waals surface area contributed by atoms with Crippen LogP contribution in [-0.4, -0.2) is 52.6 Å². The summed E-state index contributed by atoms with van der Waals surface area (Å²) in [5.74, 6) is 0.231. The number of nitrogens with two attached hydrogens (primary N) is 1. The maximum Gasteiger partial charge on any atom is 0.263 e. The number of hydrogen-bond donors (Lipinski definition) is 4. The second-order valence-corrected chi connectivity index (χ2v) is 7.72. The lowest BCUT2D eigenvalue weighted by Crippen LogP contribution is -2.53. The van der Waals surface area contributed by atoms with Crippen LogP contribution in [0.2, 0.25) is 0 Å². The van der Waals surface area contributed by atoms with Crippen molar-refractivity contribution >= 4 is 16.9 Å². The molecule has 11 heteroatoms. The van der Waals surface area contributed by atoms with Crippen molar-refractivity contribution in [2.75, 3.05) is 5.73 Å². The Hall–Kier alpha value is -2.73. The fourth-order valence-electron chi connectivity index (χ4n) is 3.90. The SMILES string of the molecule is C[C@]1(O)[C@@H](O)[C@H](n2ccc3c(N)ncnc32)O[C@@H]1[C@](C)(O)c1cc(C(F)F)ccn1. The van der Waals surface area contributed by atoms with Gasteiger partial charge in [-0.1, -0.05) is 0 Å². The molecule has 30 heavy (non-hydrogen) atoms. The molecular formula is C19H21F2N5O4. The van der Waals surface area contributed by atoms with E-state index in [2.05, 4.69) is 15.0 Å². The van der Waals surface area contributed by atoms with Crippen molar-refractivity contribution in [3.63, 3.8) is 0 Å². The minimum Gasteiger partial charge on any atom is -0.385 e. The molecular weight excluding hydrogens is 400 g/mol. The van der Waals surface area contributed by atoms with E-state index in [1.54, 1.807) is 12.3 Å². The fraction of sp³-hybridized carbons (Fsp3) is 0.421. The number of halogens is 2. The molecule has 3 aromatic heterocycles. The molecule has 0 aromatic carbocycles. The zero-order valence-corrected chi connectivity index (χ0v) is 16.1. The van der Waals surface area contributed by atoms with Crippen LogP contribution in [0, 0.1) is 0 Å². The van der Waals surface area contributed by atoms with Gasteiger partial charge in [-0.15, -0.1) is 0 Å². The number of aliphatic hydroxyl groups is 3. The Balaban J connectivity index is 1.74. The van der Waals surface area contributed by atoms with E-state index >= 15 is 0 Å². The van der Waals surface area contributed by atoms with E-state index in [9.17, 15) is 24.1 Å². The number of ether oxygens (including phenoxy) is 1. The Morgan fingerprint density at radius 3 is 2.73 bits per heavy atom. The zero-order valence-electron chi connectivity index (χ0n) is 16.1. The molecule has 1 fully saturated rings. The minimum atomic E-state index is -2.76. The van der Waals surface area contributed by atoms with E-state index in [1.165, 1.54) is 24.7 Å². The van der Waals surface area contributed by atoms with Crippen LogP contribution >= 0.6 is 0 Å². The van der Waals surface area contributed by atoms with Crippen LogP contribution in [0.5, 0.6) is 0 Å². The first kappa shape index (κ1) is 20.5. The van der Waals surface area contributed by atoms with Crippen molar-refractivity contribution in [1.29, 1.82) is 0 Å². The molecule has 0 amide bonds. The molecule has 4 heterocycles. The van der Waals surface area contributed by atoms with Gasteiger partial charge < -0.3 is 30.4 Å². The number of aliphatic hydroxyl groups excluding tert-OH is 1. The van der Waals surface area contributed by atoms with Crippen LogP contribution in [0.25, 0.3) is 11.0 Å². The van der Waals surface area contributed by atoms with Gasteiger partial charge in [-0.3, -0.25) is 4.98 Å². The number of pyridine rings is 1. The van der Waals surface area contributed by atoms with Crippen molar-refractivity contribution in [2.45, 2.75) is 49.9 Å². The van der Waals surface area contributed by atoms with Gasteiger partial charge in [0.15, 0.2) is 6.23 Å². The summed E-state index contributed by atoms with van der Waals surface area (Å²) in [5, 5.41) is 33.5. The second-order valence-electron chi connectivity index (χ2n) is 7.72. The number of anilines is 1. The van der Waals surface area contributed by atoms with Crippen LogP contribution in [0.1, 0.15) is 37.8 Å². The highest BCUT2D eigenvalue weighted by molar-refractivity contribution is 5.86. The molecule has 0 spiro atoms. The van der Waals surface area contributed by atoms with Gasteiger partial charge in [-0.05, 0) is 32.0 Å². The molecule has 0 bridgehead atoms. The summed E-state index contributed by atoms with van der Waals surface area (Å²) >= 11 is 0. The molecule has 0 saturated carbocycles. The Kier molecular flexibility index (Phi) is 4.73. The van der Waals surface area contributed by atoms with Crippen molar-refractivity contribution in [1.82, 2.24) is 19.5 Å². The number of hydrogen-bond acceptors (Lipinski definition) is 8. The minimum absolute atomic E-state index is 0.123. The molecule has 3 aromatic rings. The predicted molar refractivity (Wildman–Crippen MR) is 101 cm³/mol. The monoisotopic (exact) mass is 421 g/mol. The molecule has 1 saturated heterocycles. The molecule has 160 valence electrons. The van der Waals surface area contributed by atoms with Crippen LogP contribution in [0.3, 0.4) is 0 Å². The van der Waals surface area contributed by atoms with Crippen molar-refractivity contribution in [2.24, 2.45) is 0 Å². The van der Waals surface area contributed by atoms with E-state index < -0.39 is 36.1 Å². The Bertz CT molecular complexity index is 1090. The molecule has 0 unspecified atom stereocenters. The predicted octanol–water partition coefficient (Wildman–Crippen LogP) is 1.26. The van der Waals surface area contributed by atoms with Crippen molar-refractivity contribution in [3.8, 4) is 0 Å². The highest BCUT2D eigenvalue weighted by atomic mass is 19.3. The van der Waals surface area contributed by atoms with E-state index in [-0.39, 0.29) is 17.1 Å². The Morgan fingerprint density at radius 1 is 1.30 bits per heavy atom. The molecule has 5 N–H and O–H groups in total. The van der Waals surface area contributed by atoms with Gasteiger partial charge >= 0.3 is 0 Å². The number of alkyl halides is 2. The third-order valence-electron chi connectivity index (χ3n) is 5.55. The molecule has 5 atom stereocenters. The van der Waals surface area contributed by atoms with E-state index in [4.69, 9.17) is 10.5 Å². The third kappa shape index (κ3) is 3.01. The lowest BCUT2D eigenvalue weighted by Gasteiger charge is -2.36. The van der Waals surface area contributed by atoms with E-state index in [0.29, 0.717) is 11.0 Å². The summed E-state index contributed by atoms with van der Waals surface area (Å²) in [6.45, 7) is 2.58. The highest BCUT2D eigenvalue weighted by Gasteiger charge is 2.60. The summed E-state index contributed by atoms with van der Waals surface area (Å²) in [7, 11) is 0. The van der Waals surface area contributed by atoms with Crippen molar-refractivity contribution in [3.05, 3.63) is 48.2 Å². The van der Waals surface area contributed by atoms with E-state index in [1.807, 2.05) is 0 Å². The van der Waals surface area contributed by atoms with Gasteiger partial charge in [-0.2, -0.15) is 0 Å². The summed E-state index contributed by atoms with van der Waals surface area (Å²) in [4.78, 5) is 12.0. The summed E-state index contributed by atoms with van der Waals surface area (Å²) in [6, 6.07) is 3.81. The molecule has 9 nitrogen and oxygen atoms in total. The summed E-state index contributed by atoms with van der Waals surface area (Å²) in [6.07, 6.45) is -2.83. The Labute approximate surface area is 169 Å². The average molecular weight is 421 g/mol. The fourth-order valence-corrected chi connectivity index (χ4v) is 3.90. The summed E-state index contributed by atoms with van der Waals surface area (Å²) in [5.41, 5.74) is 1.79. The van der Waals surface area contributed by atoms with Gasteiger partial charge in [0, 0.05) is 18.0 Å². The first-order valence-corrected chi connectivity index (χ1v) is 9.15. The number of nitrogen functional groups attached to an aromatic ring is 1. The molecule has 1 aliphatic rings. The second kappa shape index (κ2) is 6.91. The van der Waals surface area contributed by atoms with Gasteiger partial charge in [0.25, 0.3) is 6.43 Å². The maximum atomic E-state index is 13.1. The standard InChI is InChI=1S/C19H21F2N5O4/c1-18(28,11-7-9(13(20)21)3-5-23-11)17-19(2,29)12(27)16(30-17)26-6-4-10-14(22)24-8-25-15(10)26/h3-8,12-13,16-17,27-29H,1-2H3,(H2,22,24,25)/t12-,16+,17+,18+,19-/m0/s1.